The van der Waals surface area contributed by atoms with E-state index in [9.17, 15) is 9.59 Å². The van der Waals surface area contributed by atoms with Gasteiger partial charge in [-0.25, -0.2) is 0 Å². The Bertz CT molecular complexity index is 1150. The van der Waals surface area contributed by atoms with Crippen molar-refractivity contribution in [2.45, 2.75) is 187 Å². The van der Waals surface area contributed by atoms with Crippen LogP contribution < -0.4 is 0 Å². The van der Waals surface area contributed by atoms with Crippen molar-refractivity contribution in [3.05, 3.63) is 23.8 Å². The highest BCUT2D eigenvalue weighted by molar-refractivity contribution is 5.70. The van der Waals surface area contributed by atoms with E-state index in [4.69, 9.17) is 9.47 Å². The summed E-state index contributed by atoms with van der Waals surface area (Å²) in [6.07, 6.45) is 32.8. The highest BCUT2D eigenvalue weighted by Crippen LogP contribution is 2.12. The van der Waals surface area contributed by atoms with E-state index in [1.165, 1.54) is 122 Å². The average Bonchev–Trinajstić information content (AvgIpc) is 3.86. The third-order valence-electron chi connectivity index (χ3n) is 10.8. The van der Waals surface area contributed by atoms with Crippen molar-refractivity contribution in [2.24, 2.45) is 0 Å². The quantitative estimate of drug-likeness (QED) is 0.0500. The molecule has 55 heavy (non-hydrogen) atoms. The maximum absolute atomic E-state index is 12.7. The lowest BCUT2D eigenvalue weighted by molar-refractivity contribution is -0.144. The van der Waals surface area contributed by atoms with E-state index in [1.807, 2.05) is 21.8 Å². The summed E-state index contributed by atoms with van der Waals surface area (Å²) in [4.78, 5) is 30.1. The molecule has 1 saturated heterocycles. The molecular weight excluding hydrogens is 693 g/mol. The number of hydrogen-bond acceptors (Lipinski definition) is 10. The smallest absolute Gasteiger partial charge is 0.307 e. The predicted molar refractivity (Wildman–Crippen MR) is 220 cm³/mol. The highest BCUT2D eigenvalue weighted by Gasteiger charge is 2.16. The normalized spacial score (nSPS) is 13.5. The third-order valence-corrected chi connectivity index (χ3v) is 10.8. The molecule has 3 rings (SSSR count). The van der Waals surface area contributed by atoms with Crippen molar-refractivity contribution in [1.82, 2.24) is 39.8 Å². The topological polar surface area (TPSA) is 120 Å². The molecule has 314 valence electrons. The zero-order valence-electron chi connectivity index (χ0n) is 35.1. The van der Waals surface area contributed by atoms with Gasteiger partial charge in [-0.15, -0.1) is 10.2 Å². The van der Waals surface area contributed by atoms with Crippen LogP contribution in [0.2, 0.25) is 0 Å². The van der Waals surface area contributed by atoms with Gasteiger partial charge in [-0.1, -0.05) is 133 Å². The second-order valence-corrected chi connectivity index (χ2v) is 15.8. The fourth-order valence-electron chi connectivity index (χ4n) is 7.28. The fraction of sp³-hybridized carbons (Fsp3) is 0.860. The van der Waals surface area contributed by atoms with Gasteiger partial charge in [0.25, 0.3) is 0 Å². The number of nitrogens with zero attached hydrogens (tertiary/aromatic N) is 8. The Morgan fingerprint density at radius 3 is 1.42 bits per heavy atom. The van der Waals surface area contributed by atoms with Gasteiger partial charge in [-0.2, -0.15) is 0 Å². The van der Waals surface area contributed by atoms with Crippen LogP contribution in [0.1, 0.15) is 173 Å². The van der Waals surface area contributed by atoms with Crippen molar-refractivity contribution in [2.75, 3.05) is 52.5 Å². The number of rotatable bonds is 35. The van der Waals surface area contributed by atoms with Crippen molar-refractivity contribution >= 4 is 11.9 Å². The Balaban J connectivity index is 1.27. The number of likely N-dealkylation sites (tertiary alicyclic amines) is 1. The molecule has 2 aromatic heterocycles. The second kappa shape index (κ2) is 31.3. The van der Waals surface area contributed by atoms with Gasteiger partial charge in [0.1, 0.15) is 0 Å². The summed E-state index contributed by atoms with van der Waals surface area (Å²) in [6.45, 7) is 12.0. The summed E-state index contributed by atoms with van der Waals surface area (Å²) in [5.41, 5.74) is 1.70. The van der Waals surface area contributed by atoms with Gasteiger partial charge >= 0.3 is 11.9 Å². The molecule has 0 bridgehead atoms. The Labute approximate surface area is 333 Å². The van der Waals surface area contributed by atoms with Crippen LogP contribution in [0, 0.1) is 0 Å². The molecule has 0 atom stereocenters. The molecule has 0 saturated carbocycles. The number of esters is 2. The first-order valence-electron chi connectivity index (χ1n) is 22.6. The molecule has 12 nitrogen and oxygen atoms in total. The standard InChI is InChI=1S/C43H78N8O4/c1-3-5-7-9-11-13-15-17-22-30-50-38-40(44-46-50)26-36-54-42(52)24-32-49(35-34-48-28-20-19-21-29-48)33-25-43(53)55-37-27-41-39-51(47-45-41)31-23-18-16-14-12-10-8-6-4-2/h38-39H,3-37H2,1-2H3. The maximum Gasteiger partial charge on any atom is 0.307 e. The average molecular weight is 771 g/mol. The first kappa shape index (κ1) is 46.5. The van der Waals surface area contributed by atoms with E-state index < -0.39 is 0 Å². The molecule has 0 aromatic carbocycles. The molecule has 0 aliphatic carbocycles. The summed E-state index contributed by atoms with van der Waals surface area (Å²) in [5, 5.41) is 17.1. The largest absolute Gasteiger partial charge is 0.465 e. The first-order valence-corrected chi connectivity index (χ1v) is 22.6. The molecule has 12 heteroatoms. The Morgan fingerprint density at radius 1 is 0.564 bits per heavy atom. The number of ether oxygens (including phenoxy) is 2. The number of hydrogen-bond donors (Lipinski definition) is 0. The van der Waals surface area contributed by atoms with E-state index in [0.717, 1.165) is 63.5 Å². The van der Waals surface area contributed by atoms with Crippen molar-refractivity contribution in [1.29, 1.82) is 0 Å². The van der Waals surface area contributed by atoms with Gasteiger partial charge in [0.2, 0.25) is 0 Å². The molecule has 2 aromatic rings. The van der Waals surface area contributed by atoms with Crippen LogP contribution >= 0.6 is 0 Å². The number of aromatic nitrogens is 6. The third kappa shape index (κ3) is 23.7. The van der Waals surface area contributed by atoms with E-state index >= 15 is 0 Å². The molecule has 1 fully saturated rings. The summed E-state index contributed by atoms with van der Waals surface area (Å²) < 4.78 is 15.0. The van der Waals surface area contributed by atoms with Crippen LogP contribution in [0.15, 0.2) is 12.4 Å². The van der Waals surface area contributed by atoms with Crippen molar-refractivity contribution in [3.63, 3.8) is 0 Å². The predicted octanol–water partition coefficient (Wildman–Crippen LogP) is 8.37. The lowest BCUT2D eigenvalue weighted by Gasteiger charge is -2.29. The second-order valence-electron chi connectivity index (χ2n) is 15.8. The maximum atomic E-state index is 12.7. The summed E-state index contributed by atoms with van der Waals surface area (Å²) in [5.74, 6) is -0.447. The van der Waals surface area contributed by atoms with Crippen LogP contribution in [0.5, 0.6) is 0 Å². The summed E-state index contributed by atoms with van der Waals surface area (Å²) in [6, 6.07) is 0. The number of carbonyl (C=O) groups is 2. The lowest BCUT2D eigenvalue weighted by Crippen LogP contribution is -2.39. The van der Waals surface area contributed by atoms with Crippen LogP contribution in [0.3, 0.4) is 0 Å². The van der Waals surface area contributed by atoms with Crippen molar-refractivity contribution in [3.8, 4) is 0 Å². The van der Waals surface area contributed by atoms with Gasteiger partial charge in [-0.05, 0) is 38.8 Å². The number of carbonyl (C=O) groups excluding carboxylic acids is 2. The molecule has 1 aliphatic rings. The highest BCUT2D eigenvalue weighted by atomic mass is 16.5. The van der Waals surface area contributed by atoms with E-state index in [0.29, 0.717) is 39.1 Å². The minimum absolute atomic E-state index is 0.224. The zero-order valence-corrected chi connectivity index (χ0v) is 35.1. The Morgan fingerprint density at radius 2 is 0.982 bits per heavy atom. The molecule has 0 radical (unpaired) electrons. The van der Waals surface area contributed by atoms with E-state index in [1.54, 1.807) is 0 Å². The van der Waals surface area contributed by atoms with Gasteiger partial charge < -0.3 is 19.3 Å². The molecule has 0 N–H and O–H groups in total. The minimum atomic E-state index is -0.224. The number of unbranched alkanes of at least 4 members (excludes halogenated alkanes) is 16. The van der Waals surface area contributed by atoms with Crippen LogP contribution in [-0.4, -0.2) is 104 Å². The van der Waals surface area contributed by atoms with Crippen LogP contribution in [0.4, 0.5) is 0 Å². The number of aryl methyl sites for hydroxylation is 2. The first-order chi connectivity index (χ1) is 27.1. The lowest BCUT2D eigenvalue weighted by atomic mass is 10.1. The SMILES string of the molecule is CCCCCCCCCCCn1cc(CCOC(=O)CCN(CCC(=O)OCCc2cn(CCCCCCCCCCC)nn2)CCN2CCCCC2)nn1. The fourth-order valence-corrected chi connectivity index (χ4v) is 7.28. The molecule has 0 unspecified atom stereocenters. The van der Waals surface area contributed by atoms with Crippen LogP contribution in [-0.2, 0) is 45.0 Å². The summed E-state index contributed by atoms with van der Waals surface area (Å²) >= 11 is 0. The molecule has 3 heterocycles. The van der Waals surface area contributed by atoms with E-state index in [2.05, 4.69) is 44.3 Å². The zero-order chi connectivity index (χ0) is 39.0. The van der Waals surface area contributed by atoms with Gasteiger partial charge in [0.05, 0.1) is 37.4 Å². The van der Waals surface area contributed by atoms with Crippen molar-refractivity contribution < 1.29 is 19.1 Å². The Kier molecular flexibility index (Phi) is 26.4. The van der Waals surface area contributed by atoms with Gasteiger partial charge in [0, 0.05) is 64.5 Å². The van der Waals surface area contributed by atoms with E-state index in [-0.39, 0.29) is 24.8 Å². The molecule has 1 aliphatic heterocycles. The Hall–Kier alpha value is -2.86. The van der Waals surface area contributed by atoms with Gasteiger partial charge in [-0.3, -0.25) is 19.0 Å². The molecule has 0 amide bonds. The molecule has 0 spiro atoms. The molecular formula is C43H78N8O4. The minimum Gasteiger partial charge on any atom is -0.465 e. The van der Waals surface area contributed by atoms with Gasteiger partial charge in [0.15, 0.2) is 0 Å². The summed E-state index contributed by atoms with van der Waals surface area (Å²) in [7, 11) is 0. The number of piperidine rings is 1. The van der Waals surface area contributed by atoms with Crippen LogP contribution in [0.25, 0.3) is 0 Å². The monoisotopic (exact) mass is 771 g/mol.